The van der Waals surface area contributed by atoms with Crippen molar-refractivity contribution in [1.82, 2.24) is 9.78 Å². The Morgan fingerprint density at radius 3 is 2.48 bits per heavy atom. The fourth-order valence-electron chi connectivity index (χ4n) is 1.90. The summed E-state index contributed by atoms with van der Waals surface area (Å²) in [5.74, 6) is 0.550. The Morgan fingerprint density at radius 1 is 1.24 bits per heavy atom. The number of rotatable bonds is 6. The van der Waals surface area contributed by atoms with Crippen LogP contribution >= 0.6 is 0 Å². The molecular formula is C14H17N3O4. The Kier molecular flexibility index (Phi) is 4.78. The van der Waals surface area contributed by atoms with Gasteiger partial charge in [-0.3, -0.25) is 4.79 Å². The number of hydrogen-bond donors (Lipinski definition) is 1. The van der Waals surface area contributed by atoms with E-state index in [2.05, 4.69) is 10.4 Å². The highest BCUT2D eigenvalue weighted by Crippen LogP contribution is 2.28. The summed E-state index contributed by atoms with van der Waals surface area (Å²) >= 11 is 0. The Labute approximate surface area is 122 Å². The molecule has 0 unspecified atom stereocenters. The van der Waals surface area contributed by atoms with Gasteiger partial charge < -0.3 is 19.5 Å². The fourth-order valence-corrected chi connectivity index (χ4v) is 1.90. The third-order valence-electron chi connectivity index (χ3n) is 2.81. The summed E-state index contributed by atoms with van der Waals surface area (Å²) in [6.07, 6.45) is 3.21. The molecule has 0 saturated carbocycles. The number of amides is 1. The Hall–Kier alpha value is -2.54. The van der Waals surface area contributed by atoms with Gasteiger partial charge in [-0.2, -0.15) is 5.10 Å². The lowest BCUT2D eigenvalue weighted by atomic mass is 10.1. The first-order chi connectivity index (χ1) is 10.2. The molecule has 7 heteroatoms. The third-order valence-corrected chi connectivity index (χ3v) is 2.81. The highest BCUT2D eigenvalue weighted by molar-refractivity contribution is 6.08. The molecule has 1 aromatic heterocycles. The zero-order valence-corrected chi connectivity index (χ0v) is 12.1. The summed E-state index contributed by atoms with van der Waals surface area (Å²) in [6, 6.07) is 5.16. The van der Waals surface area contributed by atoms with E-state index in [1.165, 1.54) is 14.2 Å². The first kappa shape index (κ1) is 14.9. The lowest BCUT2D eigenvalue weighted by molar-refractivity contribution is 0.102. The molecule has 1 heterocycles. The molecule has 7 nitrogen and oxygen atoms in total. The maximum absolute atomic E-state index is 12.4. The van der Waals surface area contributed by atoms with Crippen molar-refractivity contribution in [3.05, 3.63) is 36.2 Å². The number of ether oxygens (including phenoxy) is 3. The molecule has 0 radical (unpaired) electrons. The highest BCUT2D eigenvalue weighted by Gasteiger charge is 2.18. The molecule has 0 atom stereocenters. The van der Waals surface area contributed by atoms with Gasteiger partial charge in [0.25, 0.3) is 5.91 Å². The van der Waals surface area contributed by atoms with Crippen molar-refractivity contribution in [2.75, 3.05) is 26.6 Å². The van der Waals surface area contributed by atoms with Crippen LogP contribution in [-0.4, -0.2) is 37.0 Å². The molecule has 21 heavy (non-hydrogen) atoms. The van der Waals surface area contributed by atoms with Crippen molar-refractivity contribution in [3.8, 4) is 11.5 Å². The summed E-state index contributed by atoms with van der Waals surface area (Å²) in [5, 5.41) is 6.80. The zero-order valence-electron chi connectivity index (χ0n) is 12.1. The average molecular weight is 291 g/mol. The number of methoxy groups -OCH3 is 3. The Balaban J connectivity index is 2.23. The number of hydrogen-bond acceptors (Lipinski definition) is 5. The average Bonchev–Trinajstić information content (AvgIpc) is 2.93. The van der Waals surface area contributed by atoms with Crippen molar-refractivity contribution in [2.45, 2.75) is 6.73 Å². The topological polar surface area (TPSA) is 74.6 Å². The number of nitrogens with zero attached hydrogens (tertiary/aromatic N) is 2. The van der Waals surface area contributed by atoms with Gasteiger partial charge in [0.2, 0.25) is 0 Å². The zero-order chi connectivity index (χ0) is 15.2. The number of benzene rings is 1. The molecule has 1 amide bonds. The van der Waals surface area contributed by atoms with Crippen molar-refractivity contribution < 1.29 is 19.0 Å². The summed E-state index contributed by atoms with van der Waals surface area (Å²) in [5.41, 5.74) is 0.895. The van der Waals surface area contributed by atoms with Gasteiger partial charge in [-0.25, -0.2) is 4.68 Å². The van der Waals surface area contributed by atoms with Gasteiger partial charge in [-0.15, -0.1) is 0 Å². The standard InChI is InChI=1S/C14H17N3O4/c1-19-9-17-8-10(7-15-17)16-14(18)13-11(20-2)5-4-6-12(13)21-3/h4-8H,9H2,1-3H3,(H,16,18). The van der Waals surface area contributed by atoms with Crippen LogP contribution in [0.2, 0.25) is 0 Å². The van der Waals surface area contributed by atoms with Crippen molar-refractivity contribution in [3.63, 3.8) is 0 Å². The molecule has 1 aromatic carbocycles. The molecule has 2 rings (SSSR count). The molecule has 2 aromatic rings. The van der Waals surface area contributed by atoms with E-state index in [4.69, 9.17) is 14.2 Å². The number of carbonyl (C=O) groups excluding carboxylic acids is 1. The second-order valence-corrected chi connectivity index (χ2v) is 4.18. The van der Waals surface area contributed by atoms with Gasteiger partial charge >= 0.3 is 0 Å². The smallest absolute Gasteiger partial charge is 0.263 e. The first-order valence-corrected chi connectivity index (χ1v) is 6.23. The maximum Gasteiger partial charge on any atom is 0.263 e. The number of nitrogens with one attached hydrogen (secondary N) is 1. The van der Waals surface area contributed by atoms with Gasteiger partial charge in [0.15, 0.2) is 0 Å². The van der Waals surface area contributed by atoms with Crippen molar-refractivity contribution >= 4 is 11.6 Å². The molecule has 0 aliphatic carbocycles. The second kappa shape index (κ2) is 6.76. The molecular weight excluding hydrogens is 274 g/mol. The molecule has 0 aliphatic heterocycles. The summed E-state index contributed by atoms with van der Waals surface area (Å²) < 4.78 is 16.9. The lowest BCUT2D eigenvalue weighted by Crippen LogP contribution is -2.14. The van der Waals surface area contributed by atoms with Crippen LogP contribution in [0.1, 0.15) is 10.4 Å². The third kappa shape index (κ3) is 3.32. The molecule has 0 aliphatic rings. The summed E-state index contributed by atoms with van der Waals surface area (Å²) in [7, 11) is 4.57. The van der Waals surface area contributed by atoms with Crippen LogP contribution in [0.3, 0.4) is 0 Å². The summed E-state index contributed by atoms with van der Waals surface area (Å²) in [4.78, 5) is 12.4. The van der Waals surface area contributed by atoms with Gasteiger partial charge in [0.1, 0.15) is 23.8 Å². The molecule has 1 N–H and O–H groups in total. The quantitative estimate of drug-likeness (QED) is 0.877. The SMILES string of the molecule is COCn1cc(NC(=O)c2c(OC)cccc2OC)cn1. The molecule has 0 bridgehead atoms. The normalized spacial score (nSPS) is 10.2. The minimum absolute atomic E-state index is 0.313. The molecule has 0 spiro atoms. The van der Waals surface area contributed by atoms with Crippen LogP contribution in [0, 0.1) is 0 Å². The van der Waals surface area contributed by atoms with Crippen LogP contribution in [-0.2, 0) is 11.5 Å². The number of aromatic nitrogens is 2. The minimum atomic E-state index is -0.332. The van der Waals surface area contributed by atoms with E-state index < -0.39 is 0 Å². The van der Waals surface area contributed by atoms with E-state index in [0.717, 1.165) is 0 Å². The first-order valence-electron chi connectivity index (χ1n) is 6.23. The fraction of sp³-hybridized carbons (Fsp3) is 0.286. The van der Waals surface area contributed by atoms with E-state index in [9.17, 15) is 4.79 Å². The summed E-state index contributed by atoms with van der Waals surface area (Å²) in [6.45, 7) is 0.313. The molecule has 112 valence electrons. The largest absolute Gasteiger partial charge is 0.496 e. The van der Waals surface area contributed by atoms with Crippen LogP contribution in [0.5, 0.6) is 11.5 Å². The Bertz CT molecular complexity index is 602. The van der Waals surface area contributed by atoms with Gasteiger partial charge in [-0.1, -0.05) is 6.07 Å². The van der Waals surface area contributed by atoms with Crippen LogP contribution in [0.25, 0.3) is 0 Å². The predicted octanol–water partition coefficient (Wildman–Crippen LogP) is 1.76. The minimum Gasteiger partial charge on any atom is -0.496 e. The monoisotopic (exact) mass is 291 g/mol. The van der Waals surface area contributed by atoms with Gasteiger partial charge in [0.05, 0.1) is 32.3 Å². The van der Waals surface area contributed by atoms with Crippen molar-refractivity contribution in [1.29, 1.82) is 0 Å². The Morgan fingerprint density at radius 2 is 1.90 bits per heavy atom. The van der Waals surface area contributed by atoms with Gasteiger partial charge in [0, 0.05) is 7.11 Å². The highest BCUT2D eigenvalue weighted by atomic mass is 16.5. The van der Waals surface area contributed by atoms with Crippen LogP contribution in [0.4, 0.5) is 5.69 Å². The van der Waals surface area contributed by atoms with Crippen LogP contribution < -0.4 is 14.8 Å². The number of anilines is 1. The van der Waals surface area contributed by atoms with Crippen LogP contribution in [0.15, 0.2) is 30.6 Å². The van der Waals surface area contributed by atoms with E-state index in [-0.39, 0.29) is 5.91 Å². The van der Waals surface area contributed by atoms with E-state index in [1.54, 1.807) is 42.4 Å². The van der Waals surface area contributed by atoms with E-state index >= 15 is 0 Å². The number of carbonyl (C=O) groups is 1. The molecule has 0 fully saturated rings. The second-order valence-electron chi connectivity index (χ2n) is 4.18. The van der Waals surface area contributed by atoms with Crippen molar-refractivity contribution in [2.24, 2.45) is 0 Å². The lowest BCUT2D eigenvalue weighted by Gasteiger charge is -2.12. The maximum atomic E-state index is 12.4. The van der Waals surface area contributed by atoms with E-state index in [0.29, 0.717) is 29.5 Å². The molecule has 0 saturated heterocycles. The van der Waals surface area contributed by atoms with Gasteiger partial charge in [-0.05, 0) is 12.1 Å². The van der Waals surface area contributed by atoms with E-state index in [1.807, 2.05) is 0 Å². The predicted molar refractivity (Wildman–Crippen MR) is 76.7 cm³/mol.